The Morgan fingerprint density at radius 1 is 1.13 bits per heavy atom. The Bertz CT molecular complexity index is 1460. The second-order valence-corrected chi connectivity index (χ2v) is 10.1. The molecule has 1 saturated heterocycles. The Kier molecular flexibility index (Phi) is 8.01. The largest absolute Gasteiger partial charge is 0.383 e. The summed E-state index contributed by atoms with van der Waals surface area (Å²) in [5, 5.41) is 16.4. The fraction of sp³-hybridized carbons (Fsp3) is 0.321. The minimum Gasteiger partial charge on any atom is -0.383 e. The van der Waals surface area contributed by atoms with Crippen LogP contribution in [0.5, 0.6) is 0 Å². The van der Waals surface area contributed by atoms with Crippen LogP contribution in [0.3, 0.4) is 0 Å². The van der Waals surface area contributed by atoms with Gasteiger partial charge in [-0.15, -0.1) is 0 Å². The van der Waals surface area contributed by atoms with Gasteiger partial charge in [0.2, 0.25) is 0 Å². The third-order valence-electron chi connectivity index (χ3n) is 7.03. The normalized spacial score (nSPS) is 17.5. The zero-order valence-electron chi connectivity index (χ0n) is 22.1. The fourth-order valence-electron chi connectivity index (χ4n) is 5.04. The first kappa shape index (κ1) is 26.9. The molecule has 1 aliphatic heterocycles. The number of rotatable bonds is 8. The number of hydrogen-bond acceptors (Lipinski definition) is 5. The Labute approximate surface area is 231 Å². The number of ether oxygens (including phenoxy) is 1. The lowest BCUT2D eigenvalue weighted by Gasteiger charge is -2.23. The summed E-state index contributed by atoms with van der Waals surface area (Å²) in [5.41, 5.74) is 4.21. The molecule has 2 aromatic heterocycles. The monoisotopic (exact) mass is 551 g/mol. The van der Waals surface area contributed by atoms with Crippen LogP contribution >= 0.6 is 12.2 Å². The molecular formula is C28H31F2N7OS. The van der Waals surface area contributed by atoms with Gasteiger partial charge in [-0.05, 0) is 49.0 Å². The highest BCUT2D eigenvalue weighted by Crippen LogP contribution is 2.31. The number of nitrogens with one attached hydrogen (secondary N) is 2. The predicted molar refractivity (Wildman–Crippen MR) is 151 cm³/mol. The minimum absolute atomic E-state index is 0.0946. The number of methoxy groups -OCH3 is 1. The average Bonchev–Trinajstić information content (AvgIpc) is 3.62. The van der Waals surface area contributed by atoms with Crippen LogP contribution in [-0.4, -0.2) is 69.0 Å². The first-order valence-corrected chi connectivity index (χ1v) is 13.1. The van der Waals surface area contributed by atoms with E-state index in [1.165, 1.54) is 12.1 Å². The van der Waals surface area contributed by atoms with Gasteiger partial charge >= 0.3 is 0 Å². The molecule has 3 heterocycles. The molecule has 0 amide bonds. The Balaban J connectivity index is 1.42. The Morgan fingerprint density at radius 2 is 1.92 bits per heavy atom. The topological polar surface area (TPSA) is 72.2 Å². The van der Waals surface area contributed by atoms with Crippen molar-refractivity contribution in [2.75, 3.05) is 38.7 Å². The number of benzene rings is 2. The molecule has 0 spiro atoms. The van der Waals surface area contributed by atoms with Crippen LogP contribution in [0.2, 0.25) is 0 Å². The van der Waals surface area contributed by atoms with Crippen LogP contribution in [0, 0.1) is 18.6 Å². The number of aryl methyl sites for hydroxylation is 1. The zero-order chi connectivity index (χ0) is 27.5. The summed E-state index contributed by atoms with van der Waals surface area (Å²) in [6.45, 7) is 4.63. The van der Waals surface area contributed by atoms with Gasteiger partial charge in [-0.2, -0.15) is 10.2 Å². The Hall–Kier alpha value is -3.67. The van der Waals surface area contributed by atoms with E-state index in [-0.39, 0.29) is 12.0 Å². The number of hydrogen-bond donors (Lipinski definition) is 2. The van der Waals surface area contributed by atoms with Crippen molar-refractivity contribution >= 4 is 23.1 Å². The Morgan fingerprint density at radius 3 is 2.62 bits per heavy atom. The van der Waals surface area contributed by atoms with Crippen molar-refractivity contribution in [2.24, 2.45) is 7.05 Å². The molecule has 8 nitrogen and oxygen atoms in total. The lowest BCUT2D eigenvalue weighted by atomic mass is 9.94. The fourth-order valence-corrected chi connectivity index (χ4v) is 5.29. The van der Waals surface area contributed by atoms with E-state index in [0.717, 1.165) is 40.4 Å². The lowest BCUT2D eigenvalue weighted by molar-refractivity contribution is 0.159. The highest BCUT2D eigenvalue weighted by atomic mass is 32.1. The van der Waals surface area contributed by atoms with Gasteiger partial charge in [0.1, 0.15) is 11.5 Å². The van der Waals surface area contributed by atoms with Gasteiger partial charge in [0.25, 0.3) is 0 Å². The summed E-state index contributed by atoms with van der Waals surface area (Å²) in [4.78, 5) is 2.23. The number of thiocarbonyl (C=S) groups is 1. The molecule has 2 N–H and O–H groups in total. The zero-order valence-corrected chi connectivity index (χ0v) is 22.9. The van der Waals surface area contributed by atoms with Crippen molar-refractivity contribution in [3.63, 3.8) is 0 Å². The second kappa shape index (κ2) is 11.6. The number of nitrogens with zero attached hydrogens (tertiary/aromatic N) is 5. The maximum absolute atomic E-state index is 14.1. The highest BCUT2D eigenvalue weighted by molar-refractivity contribution is 7.80. The molecule has 0 bridgehead atoms. The highest BCUT2D eigenvalue weighted by Gasteiger charge is 2.35. The predicted octanol–water partition coefficient (Wildman–Crippen LogP) is 4.26. The van der Waals surface area contributed by atoms with Gasteiger partial charge in [0, 0.05) is 63.1 Å². The number of para-hydroxylation sites is 1. The number of aromatic nitrogens is 4. The first-order valence-electron chi connectivity index (χ1n) is 12.7. The number of anilines is 1. The van der Waals surface area contributed by atoms with Crippen molar-refractivity contribution in [1.82, 2.24) is 29.8 Å². The molecule has 0 aliphatic carbocycles. The van der Waals surface area contributed by atoms with E-state index in [9.17, 15) is 8.78 Å². The van der Waals surface area contributed by atoms with Crippen LogP contribution < -0.4 is 10.6 Å². The smallest absolute Gasteiger partial charge is 0.172 e. The third kappa shape index (κ3) is 5.85. The molecule has 2 aromatic carbocycles. The first-order chi connectivity index (χ1) is 18.8. The van der Waals surface area contributed by atoms with Gasteiger partial charge in [0.15, 0.2) is 16.7 Å². The summed E-state index contributed by atoms with van der Waals surface area (Å²) in [5.74, 6) is -1.07. The second-order valence-electron chi connectivity index (χ2n) is 9.71. The molecule has 204 valence electrons. The van der Waals surface area contributed by atoms with E-state index in [4.69, 9.17) is 22.1 Å². The molecule has 4 aromatic rings. The molecule has 0 saturated carbocycles. The molecule has 1 aliphatic rings. The summed E-state index contributed by atoms with van der Waals surface area (Å²) < 4.78 is 36.6. The molecular weight excluding hydrogens is 520 g/mol. The summed E-state index contributed by atoms with van der Waals surface area (Å²) in [7, 11) is 3.53. The van der Waals surface area contributed by atoms with E-state index in [0.29, 0.717) is 24.8 Å². The number of likely N-dealkylation sites (tertiary alicyclic amines) is 1. The van der Waals surface area contributed by atoms with Gasteiger partial charge in [-0.1, -0.05) is 24.3 Å². The molecule has 39 heavy (non-hydrogen) atoms. The van der Waals surface area contributed by atoms with E-state index < -0.39 is 11.6 Å². The summed E-state index contributed by atoms with van der Waals surface area (Å²) >= 11 is 5.79. The lowest BCUT2D eigenvalue weighted by Crippen LogP contribution is -2.42. The van der Waals surface area contributed by atoms with Crippen molar-refractivity contribution in [3.8, 4) is 16.9 Å². The van der Waals surface area contributed by atoms with Crippen molar-refractivity contribution in [1.29, 1.82) is 0 Å². The number of halogens is 2. The maximum atomic E-state index is 14.1. The van der Waals surface area contributed by atoms with Gasteiger partial charge in [-0.25, -0.2) is 13.5 Å². The summed E-state index contributed by atoms with van der Waals surface area (Å²) in [6.07, 6.45) is 3.70. The van der Waals surface area contributed by atoms with E-state index in [1.54, 1.807) is 24.1 Å². The molecule has 1 fully saturated rings. The molecule has 0 radical (unpaired) electrons. The van der Waals surface area contributed by atoms with Crippen LogP contribution in [0.25, 0.3) is 16.9 Å². The average molecular weight is 552 g/mol. The van der Waals surface area contributed by atoms with Crippen molar-refractivity contribution < 1.29 is 13.5 Å². The molecule has 2 atom stereocenters. The van der Waals surface area contributed by atoms with E-state index in [1.807, 2.05) is 55.2 Å². The van der Waals surface area contributed by atoms with Crippen LogP contribution in [0.1, 0.15) is 17.0 Å². The van der Waals surface area contributed by atoms with Crippen LogP contribution in [0.15, 0.2) is 60.9 Å². The van der Waals surface area contributed by atoms with Crippen LogP contribution in [0.4, 0.5) is 14.6 Å². The third-order valence-corrected chi connectivity index (χ3v) is 7.25. The van der Waals surface area contributed by atoms with Gasteiger partial charge in [-0.3, -0.25) is 9.58 Å². The SMILES string of the molecule is COCCN1C[C@@H](NC(=S)Nc2c(C)c(-c3cnn(C)c3)nn2-c2ccccc2)[C@H](c2ccc(F)c(F)c2)C1. The molecule has 11 heteroatoms. The van der Waals surface area contributed by atoms with Crippen LogP contribution in [-0.2, 0) is 11.8 Å². The van der Waals surface area contributed by atoms with E-state index >= 15 is 0 Å². The minimum atomic E-state index is -0.858. The van der Waals surface area contributed by atoms with Gasteiger partial charge < -0.3 is 15.4 Å². The quantitative estimate of drug-likeness (QED) is 0.317. The summed E-state index contributed by atoms with van der Waals surface area (Å²) in [6, 6.07) is 13.8. The standard InChI is InChI=1S/C28H31F2N7OS/c1-18-26(20-14-31-35(2)15-20)34-37(21-7-5-4-6-8-21)27(18)33-28(39)32-25-17-36(11-12-38-3)16-22(25)19-9-10-23(29)24(30)13-19/h4-10,13-15,22,25H,11-12,16-17H2,1-3H3,(H2,32,33,39)/t22-,25+/m0/s1. The van der Waals surface area contributed by atoms with Crippen molar-refractivity contribution in [3.05, 3.63) is 83.7 Å². The molecule has 0 unspecified atom stereocenters. The molecule has 5 rings (SSSR count). The van der Waals surface area contributed by atoms with E-state index in [2.05, 4.69) is 20.6 Å². The van der Waals surface area contributed by atoms with Crippen molar-refractivity contribution in [2.45, 2.75) is 18.9 Å². The maximum Gasteiger partial charge on any atom is 0.172 e. The van der Waals surface area contributed by atoms with Gasteiger partial charge in [0.05, 0.1) is 18.5 Å².